The molecule has 2 N–H and O–H groups in total. The Bertz CT molecular complexity index is 1220. The predicted molar refractivity (Wildman–Crippen MR) is 108 cm³/mol. The predicted octanol–water partition coefficient (Wildman–Crippen LogP) is 2.39. The molecule has 7 nitrogen and oxygen atoms in total. The standard InChI is InChI=1S/C19H21N3O4S2/c1-13-12-18-17(6-9-20-19(18)21-13)14-2-4-16(5-3-14)28(25,26)22-15-7-10-27(23,24)11-8-15/h2-6,9,12,15,22H,7-8,10-11H2,1H3,(H,20,21). The van der Waals surface area contributed by atoms with Crippen molar-refractivity contribution in [3.63, 3.8) is 0 Å². The molecule has 3 heterocycles. The van der Waals surface area contributed by atoms with Gasteiger partial charge in [0.05, 0.1) is 16.4 Å². The second kappa shape index (κ2) is 6.98. The molecule has 2 aromatic heterocycles. The van der Waals surface area contributed by atoms with E-state index in [1.165, 1.54) is 0 Å². The third-order valence-electron chi connectivity index (χ3n) is 5.02. The Hall–Kier alpha value is -2.23. The summed E-state index contributed by atoms with van der Waals surface area (Å²) in [6.07, 6.45) is 2.33. The van der Waals surface area contributed by atoms with Gasteiger partial charge in [0.1, 0.15) is 15.5 Å². The van der Waals surface area contributed by atoms with E-state index in [4.69, 9.17) is 0 Å². The second-order valence-electron chi connectivity index (χ2n) is 7.14. The van der Waals surface area contributed by atoms with E-state index in [0.717, 1.165) is 27.9 Å². The Balaban J connectivity index is 1.57. The molecule has 3 aromatic rings. The number of aromatic amines is 1. The van der Waals surface area contributed by atoms with Gasteiger partial charge in [-0.1, -0.05) is 12.1 Å². The number of fused-ring (bicyclic) bond motifs is 1. The van der Waals surface area contributed by atoms with Crippen LogP contribution in [0.3, 0.4) is 0 Å². The number of nitrogens with zero attached hydrogens (tertiary/aromatic N) is 1. The number of pyridine rings is 1. The second-order valence-corrected chi connectivity index (χ2v) is 11.2. The van der Waals surface area contributed by atoms with Gasteiger partial charge in [0, 0.05) is 23.3 Å². The molecule has 0 bridgehead atoms. The topological polar surface area (TPSA) is 109 Å². The molecule has 0 saturated carbocycles. The molecule has 1 aliphatic heterocycles. The summed E-state index contributed by atoms with van der Waals surface area (Å²) >= 11 is 0. The van der Waals surface area contributed by atoms with Crippen molar-refractivity contribution in [1.29, 1.82) is 0 Å². The Labute approximate surface area is 164 Å². The van der Waals surface area contributed by atoms with Gasteiger partial charge in [-0.3, -0.25) is 0 Å². The SMILES string of the molecule is Cc1cc2c(-c3ccc(S(=O)(=O)NC4CCS(=O)(=O)CC4)cc3)ccnc2[nH]1. The van der Waals surface area contributed by atoms with Crippen molar-refractivity contribution in [1.82, 2.24) is 14.7 Å². The summed E-state index contributed by atoms with van der Waals surface area (Å²) in [6, 6.07) is 10.3. The quantitative estimate of drug-likeness (QED) is 0.675. The van der Waals surface area contributed by atoms with Gasteiger partial charge in [-0.05, 0) is 55.2 Å². The Morgan fingerprint density at radius 2 is 1.79 bits per heavy atom. The van der Waals surface area contributed by atoms with Crippen molar-refractivity contribution in [3.8, 4) is 11.1 Å². The normalized spacial score (nSPS) is 17.8. The number of H-pyrrole nitrogens is 1. The highest BCUT2D eigenvalue weighted by molar-refractivity contribution is 7.91. The van der Waals surface area contributed by atoms with Crippen LogP contribution < -0.4 is 4.72 Å². The van der Waals surface area contributed by atoms with Crippen LogP contribution in [0.5, 0.6) is 0 Å². The highest BCUT2D eigenvalue weighted by atomic mass is 32.2. The highest BCUT2D eigenvalue weighted by Crippen LogP contribution is 2.29. The maximum absolute atomic E-state index is 12.6. The molecule has 1 fully saturated rings. The van der Waals surface area contributed by atoms with Gasteiger partial charge >= 0.3 is 0 Å². The summed E-state index contributed by atoms with van der Waals surface area (Å²) < 4.78 is 51.0. The number of sulfonamides is 1. The van der Waals surface area contributed by atoms with E-state index in [0.29, 0.717) is 12.8 Å². The minimum Gasteiger partial charge on any atom is -0.344 e. The van der Waals surface area contributed by atoms with Crippen molar-refractivity contribution < 1.29 is 16.8 Å². The lowest BCUT2D eigenvalue weighted by atomic mass is 10.0. The Morgan fingerprint density at radius 1 is 1.11 bits per heavy atom. The fourth-order valence-corrected chi connectivity index (χ4v) is 6.32. The molecule has 0 amide bonds. The lowest BCUT2D eigenvalue weighted by Crippen LogP contribution is -2.40. The van der Waals surface area contributed by atoms with Gasteiger partial charge in [0.2, 0.25) is 10.0 Å². The molecule has 28 heavy (non-hydrogen) atoms. The maximum atomic E-state index is 12.6. The van der Waals surface area contributed by atoms with Gasteiger partial charge in [-0.2, -0.15) is 0 Å². The van der Waals surface area contributed by atoms with Crippen molar-refractivity contribution in [2.24, 2.45) is 0 Å². The van der Waals surface area contributed by atoms with Crippen molar-refractivity contribution in [2.45, 2.75) is 30.7 Å². The average Bonchev–Trinajstić information content (AvgIpc) is 3.04. The first kappa shape index (κ1) is 19.1. The fourth-order valence-electron chi connectivity index (χ4n) is 3.52. The van der Waals surface area contributed by atoms with Crippen LogP contribution in [-0.2, 0) is 19.9 Å². The van der Waals surface area contributed by atoms with Crippen LogP contribution in [0.2, 0.25) is 0 Å². The molecular weight excluding hydrogens is 398 g/mol. The third kappa shape index (κ3) is 3.82. The molecule has 9 heteroatoms. The first-order valence-corrected chi connectivity index (χ1v) is 12.3. The molecule has 0 radical (unpaired) electrons. The lowest BCUT2D eigenvalue weighted by Gasteiger charge is -2.22. The van der Waals surface area contributed by atoms with E-state index >= 15 is 0 Å². The van der Waals surface area contributed by atoms with Gasteiger partial charge in [-0.15, -0.1) is 0 Å². The average molecular weight is 420 g/mol. The molecule has 0 unspecified atom stereocenters. The highest BCUT2D eigenvalue weighted by Gasteiger charge is 2.27. The largest absolute Gasteiger partial charge is 0.344 e. The summed E-state index contributed by atoms with van der Waals surface area (Å²) in [6.45, 7) is 1.96. The molecule has 1 saturated heterocycles. The number of hydrogen-bond acceptors (Lipinski definition) is 5. The van der Waals surface area contributed by atoms with Crippen LogP contribution in [0.1, 0.15) is 18.5 Å². The van der Waals surface area contributed by atoms with Gasteiger partial charge in [0.15, 0.2) is 0 Å². The molecule has 0 atom stereocenters. The number of sulfone groups is 1. The van der Waals surface area contributed by atoms with Crippen LogP contribution in [0.15, 0.2) is 47.5 Å². The van der Waals surface area contributed by atoms with Gasteiger partial charge in [0.25, 0.3) is 0 Å². The molecule has 0 spiro atoms. The zero-order chi connectivity index (χ0) is 19.9. The minimum atomic E-state index is -3.70. The van der Waals surface area contributed by atoms with E-state index in [2.05, 4.69) is 14.7 Å². The third-order valence-corrected chi connectivity index (χ3v) is 8.27. The summed E-state index contributed by atoms with van der Waals surface area (Å²) in [4.78, 5) is 7.68. The summed E-state index contributed by atoms with van der Waals surface area (Å²) in [7, 11) is -6.73. The smallest absolute Gasteiger partial charge is 0.240 e. The maximum Gasteiger partial charge on any atom is 0.240 e. The first-order chi connectivity index (χ1) is 13.2. The summed E-state index contributed by atoms with van der Waals surface area (Å²) in [5, 5.41) is 0.983. The molecule has 1 aromatic carbocycles. The van der Waals surface area contributed by atoms with E-state index in [-0.39, 0.29) is 22.4 Å². The summed E-state index contributed by atoms with van der Waals surface area (Å²) in [5.41, 5.74) is 3.67. The summed E-state index contributed by atoms with van der Waals surface area (Å²) in [5.74, 6) is 0.0422. The number of rotatable bonds is 4. The van der Waals surface area contributed by atoms with E-state index < -0.39 is 19.9 Å². The number of nitrogens with one attached hydrogen (secondary N) is 2. The molecule has 4 rings (SSSR count). The Kier molecular flexibility index (Phi) is 4.76. The van der Waals surface area contributed by atoms with Crippen molar-refractivity contribution in [2.75, 3.05) is 11.5 Å². The number of aryl methyl sites for hydroxylation is 1. The molecule has 0 aliphatic carbocycles. The first-order valence-electron chi connectivity index (χ1n) is 9.01. The molecular formula is C19H21N3O4S2. The van der Waals surface area contributed by atoms with E-state index in [1.54, 1.807) is 30.5 Å². The zero-order valence-electron chi connectivity index (χ0n) is 15.3. The van der Waals surface area contributed by atoms with Gasteiger partial charge < -0.3 is 4.98 Å². The lowest BCUT2D eigenvalue weighted by molar-refractivity contribution is 0.505. The van der Waals surface area contributed by atoms with E-state index in [9.17, 15) is 16.8 Å². The van der Waals surface area contributed by atoms with Crippen LogP contribution in [0.25, 0.3) is 22.2 Å². The van der Waals surface area contributed by atoms with Gasteiger partial charge in [-0.25, -0.2) is 26.5 Å². The van der Waals surface area contributed by atoms with Crippen LogP contribution in [0.4, 0.5) is 0 Å². The van der Waals surface area contributed by atoms with Crippen LogP contribution in [-0.4, -0.2) is 44.4 Å². The molecule has 1 aliphatic rings. The fraction of sp³-hybridized carbons (Fsp3) is 0.316. The van der Waals surface area contributed by atoms with Crippen molar-refractivity contribution >= 4 is 30.9 Å². The van der Waals surface area contributed by atoms with E-state index in [1.807, 2.05) is 19.1 Å². The molecule has 148 valence electrons. The number of benzene rings is 1. The van der Waals surface area contributed by atoms with Crippen LogP contribution >= 0.6 is 0 Å². The monoisotopic (exact) mass is 419 g/mol. The Morgan fingerprint density at radius 3 is 2.46 bits per heavy atom. The minimum absolute atomic E-state index is 0.0211. The zero-order valence-corrected chi connectivity index (χ0v) is 17.0. The number of hydrogen-bond donors (Lipinski definition) is 2. The number of aromatic nitrogens is 2. The van der Waals surface area contributed by atoms with Crippen molar-refractivity contribution in [3.05, 3.63) is 48.3 Å². The van der Waals surface area contributed by atoms with Crippen LogP contribution in [0, 0.1) is 6.92 Å².